The zero-order chi connectivity index (χ0) is 19.6. The lowest BCUT2D eigenvalue weighted by atomic mass is 9.87. The molecule has 0 saturated heterocycles. The maximum Gasteiger partial charge on any atom is 0.340 e. The number of carbonyl (C=O) groups excluding carboxylic acids is 2. The molecule has 0 unspecified atom stereocenters. The Hall–Kier alpha value is -2.40. The number of fused-ring (bicyclic) bond motifs is 1. The van der Waals surface area contributed by atoms with E-state index in [9.17, 15) is 9.59 Å². The molecule has 2 atom stereocenters. The minimum absolute atomic E-state index is 0.0224. The number of rotatable bonds is 6. The summed E-state index contributed by atoms with van der Waals surface area (Å²) >= 11 is 0. The van der Waals surface area contributed by atoms with Crippen LogP contribution < -0.4 is 5.32 Å². The van der Waals surface area contributed by atoms with Crippen molar-refractivity contribution in [2.45, 2.75) is 59.0 Å². The van der Waals surface area contributed by atoms with E-state index < -0.39 is 0 Å². The largest absolute Gasteiger partial charge is 0.462 e. The zero-order valence-corrected chi connectivity index (χ0v) is 16.6. The van der Waals surface area contributed by atoms with Gasteiger partial charge in [0.1, 0.15) is 12.1 Å². The van der Waals surface area contributed by atoms with Gasteiger partial charge in [-0.15, -0.1) is 0 Å². The molecule has 5 heteroatoms. The van der Waals surface area contributed by atoms with Crippen molar-refractivity contribution >= 4 is 11.8 Å². The van der Waals surface area contributed by atoms with Gasteiger partial charge in [-0.1, -0.05) is 24.3 Å². The number of nitrogens with one attached hydrogen (secondary N) is 1. The van der Waals surface area contributed by atoms with E-state index in [0.717, 1.165) is 19.3 Å². The summed E-state index contributed by atoms with van der Waals surface area (Å²) in [5.41, 5.74) is 5.10. The molecule has 1 aromatic carbocycles. The van der Waals surface area contributed by atoms with Crippen LogP contribution in [-0.4, -0.2) is 29.4 Å². The number of carbonyl (C=O) groups is 2. The molecule has 0 fully saturated rings. The highest BCUT2D eigenvalue weighted by molar-refractivity contribution is 6.03. The lowest BCUT2D eigenvalue weighted by molar-refractivity contribution is -0.713. The van der Waals surface area contributed by atoms with Gasteiger partial charge in [0.25, 0.3) is 0 Å². The van der Waals surface area contributed by atoms with Crippen molar-refractivity contribution in [2.75, 3.05) is 6.61 Å². The minimum atomic E-state index is -0.374. The van der Waals surface area contributed by atoms with Crippen LogP contribution in [0.5, 0.6) is 0 Å². The second-order valence-electron chi connectivity index (χ2n) is 7.39. The normalized spacial score (nSPS) is 17.3. The number of ether oxygens (including phenoxy) is 1. The Kier molecular flexibility index (Phi) is 5.80. The predicted octanol–water partition coefficient (Wildman–Crippen LogP) is 3.02. The molecule has 27 heavy (non-hydrogen) atoms. The number of ketones is 1. The van der Waals surface area contributed by atoms with Gasteiger partial charge in [-0.3, -0.25) is 4.79 Å². The fraction of sp³-hybridized carbons (Fsp3) is 0.455. The summed E-state index contributed by atoms with van der Waals surface area (Å²) in [6, 6.07) is 8.59. The van der Waals surface area contributed by atoms with E-state index in [1.54, 1.807) is 6.92 Å². The maximum absolute atomic E-state index is 13.1. The van der Waals surface area contributed by atoms with Gasteiger partial charge in [-0.25, -0.2) is 4.79 Å². The van der Waals surface area contributed by atoms with Crippen LogP contribution in [0.15, 0.2) is 24.3 Å². The van der Waals surface area contributed by atoms with Crippen LogP contribution in [0.1, 0.15) is 76.0 Å². The summed E-state index contributed by atoms with van der Waals surface area (Å²) in [6.45, 7) is 7.66. The van der Waals surface area contributed by atoms with Gasteiger partial charge < -0.3 is 15.0 Å². The molecule has 0 radical (unpaired) electrons. The second-order valence-corrected chi connectivity index (χ2v) is 7.39. The van der Waals surface area contributed by atoms with Gasteiger partial charge in [0.15, 0.2) is 0 Å². The Labute approximate surface area is 160 Å². The first-order valence-corrected chi connectivity index (χ1v) is 9.77. The summed E-state index contributed by atoms with van der Waals surface area (Å²) in [5.74, 6) is -0.352. The Balaban J connectivity index is 1.79. The average molecular weight is 369 g/mol. The fourth-order valence-electron chi connectivity index (χ4n) is 4.16. The number of benzene rings is 1. The molecule has 1 aromatic heterocycles. The van der Waals surface area contributed by atoms with Crippen molar-refractivity contribution in [3.63, 3.8) is 0 Å². The molecule has 144 valence electrons. The van der Waals surface area contributed by atoms with Crippen LogP contribution in [0.3, 0.4) is 0 Å². The Bertz CT molecular complexity index is 853. The van der Waals surface area contributed by atoms with Crippen molar-refractivity contribution in [3.05, 3.63) is 57.9 Å². The average Bonchev–Trinajstić information content (AvgIpc) is 2.95. The lowest BCUT2D eigenvalue weighted by Crippen LogP contribution is -2.92. The first-order chi connectivity index (χ1) is 12.9. The Morgan fingerprint density at radius 3 is 2.78 bits per heavy atom. The van der Waals surface area contributed by atoms with Gasteiger partial charge in [-0.2, -0.15) is 0 Å². The quantitative estimate of drug-likeness (QED) is 0.607. The number of nitrogens with two attached hydrogens (primary N) is 1. The van der Waals surface area contributed by atoms with Crippen molar-refractivity contribution in [3.8, 4) is 0 Å². The topological polar surface area (TPSA) is 75.8 Å². The Morgan fingerprint density at radius 1 is 1.30 bits per heavy atom. The van der Waals surface area contributed by atoms with Crippen LogP contribution in [0, 0.1) is 13.8 Å². The number of H-pyrrole nitrogens is 1. The predicted molar refractivity (Wildman–Crippen MR) is 104 cm³/mol. The van der Waals surface area contributed by atoms with Crippen LogP contribution in [0.2, 0.25) is 0 Å². The highest BCUT2D eigenvalue weighted by atomic mass is 16.5. The molecule has 5 nitrogen and oxygen atoms in total. The van der Waals surface area contributed by atoms with E-state index >= 15 is 0 Å². The second kappa shape index (κ2) is 8.09. The van der Waals surface area contributed by atoms with E-state index in [-0.39, 0.29) is 17.8 Å². The third kappa shape index (κ3) is 3.83. The number of hydrogen-bond acceptors (Lipinski definition) is 3. The molecule has 0 bridgehead atoms. The van der Waals surface area contributed by atoms with Crippen LogP contribution >= 0.6 is 0 Å². The molecule has 1 heterocycles. The third-order valence-electron chi connectivity index (χ3n) is 5.51. The molecule has 3 N–H and O–H groups in total. The summed E-state index contributed by atoms with van der Waals surface area (Å²) in [4.78, 5) is 28.4. The maximum atomic E-state index is 13.1. The number of aryl methyl sites for hydroxylation is 2. The molecular weight excluding hydrogens is 340 g/mol. The first-order valence-electron chi connectivity index (χ1n) is 9.77. The summed E-state index contributed by atoms with van der Waals surface area (Å²) < 4.78 is 5.13. The number of aromatic amines is 1. The fourth-order valence-corrected chi connectivity index (χ4v) is 4.16. The minimum Gasteiger partial charge on any atom is -0.462 e. The van der Waals surface area contributed by atoms with Gasteiger partial charge >= 0.3 is 5.97 Å². The first kappa shape index (κ1) is 19.4. The molecular formula is C22H29N2O3+. The van der Waals surface area contributed by atoms with Crippen LogP contribution in [0.4, 0.5) is 0 Å². The lowest BCUT2D eigenvalue weighted by Gasteiger charge is -2.25. The highest BCUT2D eigenvalue weighted by Gasteiger charge is 2.31. The molecule has 3 rings (SSSR count). The molecule has 0 spiro atoms. The van der Waals surface area contributed by atoms with E-state index in [4.69, 9.17) is 4.74 Å². The third-order valence-corrected chi connectivity index (χ3v) is 5.51. The van der Waals surface area contributed by atoms with Gasteiger partial charge in [-0.05, 0) is 51.7 Å². The van der Waals surface area contributed by atoms with Crippen LogP contribution in [0.25, 0.3) is 0 Å². The number of esters is 1. The van der Waals surface area contributed by atoms with Crippen LogP contribution in [-0.2, 0) is 11.2 Å². The van der Waals surface area contributed by atoms with Crippen molar-refractivity contribution in [1.29, 1.82) is 0 Å². The van der Waals surface area contributed by atoms with E-state index in [0.29, 0.717) is 35.2 Å². The smallest absolute Gasteiger partial charge is 0.340 e. The molecule has 1 aliphatic rings. The van der Waals surface area contributed by atoms with Crippen molar-refractivity contribution in [1.82, 2.24) is 4.98 Å². The molecule has 2 aromatic rings. The van der Waals surface area contributed by atoms with E-state index in [1.807, 2.05) is 20.8 Å². The monoisotopic (exact) mass is 369 g/mol. The van der Waals surface area contributed by atoms with E-state index in [1.165, 1.54) is 11.1 Å². The van der Waals surface area contributed by atoms with Crippen molar-refractivity contribution < 1.29 is 19.6 Å². The molecule has 0 amide bonds. The number of quaternary nitrogens is 1. The molecule has 0 aliphatic heterocycles. The summed E-state index contributed by atoms with van der Waals surface area (Å²) in [6.07, 6.45) is 3.33. The van der Waals surface area contributed by atoms with Gasteiger partial charge in [0.05, 0.1) is 17.9 Å². The summed E-state index contributed by atoms with van der Waals surface area (Å²) in [7, 11) is 0. The number of aromatic nitrogens is 1. The van der Waals surface area contributed by atoms with Crippen molar-refractivity contribution in [2.24, 2.45) is 0 Å². The van der Waals surface area contributed by atoms with E-state index in [2.05, 4.69) is 34.6 Å². The molecule has 1 aliphatic carbocycles. The summed E-state index contributed by atoms with van der Waals surface area (Å²) in [5, 5.41) is 2.17. The Morgan fingerprint density at radius 2 is 2.04 bits per heavy atom. The SMILES string of the molecule is CCOC(=O)c1c(C)[nH]c(C(=O)[C@@H](C)[NH2+][C@H]2CCCc3ccccc32)c1C. The molecule has 0 saturated carbocycles. The highest BCUT2D eigenvalue weighted by Crippen LogP contribution is 2.27. The van der Waals surface area contributed by atoms with Gasteiger partial charge in [0.2, 0.25) is 5.78 Å². The number of hydrogen-bond donors (Lipinski definition) is 2. The van der Waals surface area contributed by atoms with Gasteiger partial charge in [0, 0.05) is 17.7 Å². The number of Topliss-reactive ketones (excluding diaryl/α,β-unsaturated/α-hetero) is 1. The zero-order valence-electron chi connectivity index (χ0n) is 16.6. The standard InChI is InChI=1S/C22H28N2O3/c1-5-27-22(26)19-13(2)20(24-14(19)3)21(25)15(4)23-18-12-8-10-16-9-6-7-11-17(16)18/h6-7,9,11,15,18,23-24H,5,8,10,12H2,1-4H3/p+1/t15-,18+/m1/s1.